The highest BCUT2D eigenvalue weighted by atomic mass is 32.2. The number of hydrogen-bond acceptors (Lipinski definition) is 11. The third-order valence-corrected chi connectivity index (χ3v) is 4.62. The van der Waals surface area contributed by atoms with Crippen LogP contribution in [0, 0.1) is 0 Å². The fraction of sp³-hybridized carbons (Fsp3) is 0.688. The van der Waals surface area contributed by atoms with E-state index >= 15 is 0 Å². The molecule has 5 atom stereocenters. The van der Waals surface area contributed by atoms with Crippen LogP contribution in [-0.4, -0.2) is 65.5 Å². The molecule has 1 heterocycles. The first kappa shape index (κ1) is 22.7. The molecular formula is C16H22O10S. The lowest BCUT2D eigenvalue weighted by Crippen LogP contribution is -2.59. The largest absolute Gasteiger partial charge is 0.465 e. The Kier molecular flexibility index (Phi) is 8.54. The number of carbonyl (C=O) groups excluding carboxylic acids is 5. The van der Waals surface area contributed by atoms with Crippen LogP contribution < -0.4 is 0 Å². The zero-order chi connectivity index (χ0) is 20.7. The van der Waals surface area contributed by atoms with Crippen LogP contribution in [0.3, 0.4) is 0 Å². The second-order valence-corrected chi connectivity index (χ2v) is 7.02. The third-order valence-electron chi connectivity index (χ3n) is 3.23. The van der Waals surface area contributed by atoms with Crippen molar-refractivity contribution >= 4 is 41.6 Å². The molecular weight excluding hydrogens is 384 g/mol. The molecule has 1 aliphatic rings. The Bertz CT molecular complexity index is 604. The second kappa shape index (κ2) is 10.1. The van der Waals surface area contributed by atoms with Crippen LogP contribution in [0.25, 0.3) is 0 Å². The van der Waals surface area contributed by atoms with Crippen molar-refractivity contribution in [3.63, 3.8) is 0 Å². The normalized spacial score (nSPS) is 27.1. The van der Waals surface area contributed by atoms with Gasteiger partial charge in [-0.2, -0.15) is 0 Å². The molecule has 1 saturated heterocycles. The first-order valence-corrected chi connectivity index (χ1v) is 8.93. The Morgan fingerprint density at radius 2 is 1.07 bits per heavy atom. The van der Waals surface area contributed by atoms with Gasteiger partial charge in [-0.05, 0) is 0 Å². The number of thioether (sulfide) groups is 1. The molecule has 0 amide bonds. The van der Waals surface area contributed by atoms with Crippen molar-refractivity contribution in [2.45, 2.75) is 63.6 Å². The van der Waals surface area contributed by atoms with Crippen molar-refractivity contribution in [1.29, 1.82) is 0 Å². The minimum Gasteiger partial charge on any atom is -0.465 e. The molecule has 27 heavy (non-hydrogen) atoms. The Labute approximate surface area is 160 Å². The maximum absolute atomic E-state index is 11.6. The van der Waals surface area contributed by atoms with Gasteiger partial charge >= 0.3 is 29.8 Å². The SMILES string of the molecule is CC(=O)OC[C@H]1S[C@@H](OC(C)=O)[C@H](OC(C)=O)[C@@H](OC(C)=O)[C@H]1OC(C)=O. The molecule has 0 unspecified atom stereocenters. The average molecular weight is 406 g/mol. The smallest absolute Gasteiger partial charge is 0.303 e. The molecule has 0 saturated carbocycles. The molecule has 0 N–H and O–H groups in total. The molecule has 0 aromatic carbocycles. The molecule has 0 spiro atoms. The molecule has 0 aromatic rings. The molecule has 0 aromatic heterocycles. The quantitative estimate of drug-likeness (QED) is 0.447. The fourth-order valence-electron chi connectivity index (χ4n) is 2.45. The van der Waals surface area contributed by atoms with E-state index in [0.29, 0.717) is 0 Å². The monoisotopic (exact) mass is 406 g/mol. The summed E-state index contributed by atoms with van der Waals surface area (Å²) >= 11 is 0.967. The van der Waals surface area contributed by atoms with Crippen molar-refractivity contribution in [3.8, 4) is 0 Å². The van der Waals surface area contributed by atoms with Crippen molar-refractivity contribution < 1.29 is 47.7 Å². The summed E-state index contributed by atoms with van der Waals surface area (Å²) in [5.74, 6) is -3.36. The minimum atomic E-state index is -1.26. The molecule has 10 nitrogen and oxygen atoms in total. The lowest BCUT2D eigenvalue weighted by molar-refractivity contribution is -0.195. The fourth-order valence-corrected chi connectivity index (χ4v) is 3.86. The predicted molar refractivity (Wildman–Crippen MR) is 90.2 cm³/mol. The van der Waals surface area contributed by atoms with Gasteiger partial charge in [-0.15, -0.1) is 11.8 Å². The van der Waals surface area contributed by atoms with Crippen molar-refractivity contribution in [1.82, 2.24) is 0 Å². The minimum absolute atomic E-state index is 0.208. The maximum atomic E-state index is 11.6. The highest BCUT2D eigenvalue weighted by molar-refractivity contribution is 8.00. The molecule has 1 rings (SSSR count). The van der Waals surface area contributed by atoms with E-state index in [0.717, 1.165) is 39.5 Å². The van der Waals surface area contributed by atoms with Gasteiger partial charge in [-0.3, -0.25) is 24.0 Å². The zero-order valence-electron chi connectivity index (χ0n) is 15.6. The van der Waals surface area contributed by atoms with E-state index < -0.39 is 58.8 Å². The topological polar surface area (TPSA) is 132 Å². The highest BCUT2D eigenvalue weighted by Crippen LogP contribution is 2.38. The van der Waals surface area contributed by atoms with E-state index in [4.69, 9.17) is 23.7 Å². The summed E-state index contributed by atoms with van der Waals surface area (Å²) in [6, 6.07) is 0. The molecule has 0 bridgehead atoms. The Balaban J connectivity index is 3.29. The van der Waals surface area contributed by atoms with E-state index in [9.17, 15) is 24.0 Å². The molecule has 1 fully saturated rings. The van der Waals surface area contributed by atoms with Crippen molar-refractivity contribution in [2.24, 2.45) is 0 Å². The first-order chi connectivity index (χ1) is 12.5. The van der Waals surface area contributed by atoms with Gasteiger partial charge in [0.2, 0.25) is 0 Å². The zero-order valence-corrected chi connectivity index (χ0v) is 16.4. The summed E-state index contributed by atoms with van der Waals surface area (Å²) in [5, 5.41) is -0.738. The first-order valence-electron chi connectivity index (χ1n) is 7.99. The second-order valence-electron chi connectivity index (χ2n) is 5.68. The maximum Gasteiger partial charge on any atom is 0.303 e. The van der Waals surface area contributed by atoms with Gasteiger partial charge in [-0.1, -0.05) is 0 Å². The molecule has 1 aliphatic heterocycles. The molecule has 152 valence electrons. The molecule has 0 aliphatic carbocycles. The summed E-state index contributed by atoms with van der Waals surface area (Å²) in [4.78, 5) is 57.2. The van der Waals surface area contributed by atoms with Crippen LogP contribution in [0.2, 0.25) is 0 Å². The van der Waals surface area contributed by atoms with E-state index in [1.807, 2.05) is 0 Å². The van der Waals surface area contributed by atoms with Crippen LogP contribution in [0.1, 0.15) is 34.6 Å². The Morgan fingerprint density at radius 1 is 0.630 bits per heavy atom. The van der Waals surface area contributed by atoms with Crippen LogP contribution in [-0.2, 0) is 47.7 Å². The lowest BCUT2D eigenvalue weighted by Gasteiger charge is -2.43. The van der Waals surface area contributed by atoms with Crippen LogP contribution in [0.5, 0.6) is 0 Å². The van der Waals surface area contributed by atoms with Crippen molar-refractivity contribution in [2.75, 3.05) is 6.61 Å². The van der Waals surface area contributed by atoms with Gasteiger partial charge in [0.25, 0.3) is 0 Å². The summed E-state index contributed by atoms with van der Waals surface area (Å²) in [6.45, 7) is 5.55. The summed E-state index contributed by atoms with van der Waals surface area (Å²) in [5.41, 5.74) is -1.07. The van der Waals surface area contributed by atoms with Gasteiger partial charge in [0, 0.05) is 34.6 Å². The van der Waals surface area contributed by atoms with Crippen LogP contribution in [0.4, 0.5) is 0 Å². The number of esters is 5. The van der Waals surface area contributed by atoms with Gasteiger partial charge in [-0.25, -0.2) is 0 Å². The molecule has 11 heteroatoms. The number of hydrogen-bond donors (Lipinski definition) is 0. The number of carbonyl (C=O) groups is 5. The van der Waals surface area contributed by atoms with Crippen molar-refractivity contribution in [3.05, 3.63) is 0 Å². The summed E-state index contributed by atoms with van der Waals surface area (Å²) in [7, 11) is 0. The Hall–Kier alpha value is -2.30. The number of ether oxygens (including phenoxy) is 5. The average Bonchev–Trinajstić information content (AvgIpc) is 2.49. The molecule has 0 radical (unpaired) electrons. The Morgan fingerprint density at radius 3 is 1.52 bits per heavy atom. The summed E-state index contributed by atoms with van der Waals surface area (Å²) in [6.07, 6.45) is -3.59. The van der Waals surface area contributed by atoms with Crippen LogP contribution >= 0.6 is 11.8 Å². The van der Waals surface area contributed by atoms with Gasteiger partial charge in [0.05, 0.1) is 5.25 Å². The third kappa shape index (κ3) is 7.45. The van der Waals surface area contributed by atoms with Crippen LogP contribution in [0.15, 0.2) is 0 Å². The van der Waals surface area contributed by atoms with Gasteiger partial charge in [0.1, 0.15) is 6.61 Å². The summed E-state index contributed by atoms with van der Waals surface area (Å²) < 4.78 is 25.8. The van der Waals surface area contributed by atoms with Gasteiger partial charge in [0.15, 0.2) is 23.7 Å². The van der Waals surface area contributed by atoms with E-state index in [-0.39, 0.29) is 6.61 Å². The van der Waals surface area contributed by atoms with E-state index in [1.54, 1.807) is 0 Å². The predicted octanol–water partition coefficient (Wildman–Crippen LogP) is 0.349. The highest BCUT2D eigenvalue weighted by Gasteiger charge is 2.53. The lowest BCUT2D eigenvalue weighted by atomic mass is 10.0. The van der Waals surface area contributed by atoms with Gasteiger partial charge < -0.3 is 23.7 Å². The standard InChI is InChI=1S/C16H22O10S/c1-7(17)22-6-12-13(23-8(2)18)14(24-9(3)19)15(25-10(4)20)16(27-12)26-11(5)21/h12-16H,6H2,1-5H3/t12-,13+,14+,15-,16-/m1/s1. The van der Waals surface area contributed by atoms with E-state index in [2.05, 4.69) is 0 Å². The van der Waals surface area contributed by atoms with E-state index in [1.165, 1.54) is 6.92 Å². The number of rotatable bonds is 6.